The Morgan fingerprint density at radius 3 is 2.46 bits per heavy atom. The maximum Gasteiger partial charge on any atom is 0.161 e. The summed E-state index contributed by atoms with van der Waals surface area (Å²) in [5.41, 5.74) is 0. The molecule has 1 aliphatic heterocycles. The molecule has 0 bridgehead atoms. The van der Waals surface area contributed by atoms with Crippen molar-refractivity contribution in [2.24, 2.45) is 0 Å². The summed E-state index contributed by atoms with van der Waals surface area (Å²) >= 11 is 0. The molecular formula is C7H15NO5. The molecule has 1 rings (SSSR count). The third-order valence-corrected chi connectivity index (χ3v) is 2.12. The molecule has 3 N–H and O–H groups in total. The van der Waals surface area contributed by atoms with Crippen LogP contribution in [0.3, 0.4) is 0 Å². The molecule has 2 unspecified atom stereocenters. The Bertz CT molecular complexity index is 167. The van der Waals surface area contributed by atoms with Crippen LogP contribution >= 0.6 is 0 Å². The van der Waals surface area contributed by atoms with Gasteiger partial charge in [-0.2, -0.15) is 5.06 Å². The number of aliphatic hydroxyl groups excluding tert-OH is 3. The normalized spacial score (nSPS) is 41.1. The SMILES string of the molecule is CON(C)[C@@H]1OC[C@@H](O)C(O)C1O. The largest absolute Gasteiger partial charge is 0.388 e. The quantitative estimate of drug-likeness (QED) is 0.437. The van der Waals surface area contributed by atoms with E-state index in [0.717, 1.165) is 0 Å². The highest BCUT2D eigenvalue weighted by molar-refractivity contribution is 4.84. The van der Waals surface area contributed by atoms with Gasteiger partial charge in [0.2, 0.25) is 0 Å². The maximum absolute atomic E-state index is 9.45. The van der Waals surface area contributed by atoms with Gasteiger partial charge in [0.05, 0.1) is 13.7 Å². The van der Waals surface area contributed by atoms with Crippen molar-refractivity contribution in [3.63, 3.8) is 0 Å². The molecule has 1 fully saturated rings. The molecule has 1 saturated heterocycles. The van der Waals surface area contributed by atoms with Crippen molar-refractivity contribution in [3.8, 4) is 0 Å². The first-order chi connectivity index (χ1) is 6.07. The van der Waals surface area contributed by atoms with E-state index in [-0.39, 0.29) is 6.61 Å². The molecule has 0 aromatic carbocycles. The molecule has 0 aromatic heterocycles. The molecule has 6 heteroatoms. The van der Waals surface area contributed by atoms with Crippen LogP contribution in [0.2, 0.25) is 0 Å². The van der Waals surface area contributed by atoms with Gasteiger partial charge in [0.15, 0.2) is 6.23 Å². The minimum Gasteiger partial charge on any atom is -0.388 e. The van der Waals surface area contributed by atoms with Crippen molar-refractivity contribution in [1.29, 1.82) is 0 Å². The van der Waals surface area contributed by atoms with E-state index < -0.39 is 24.5 Å². The van der Waals surface area contributed by atoms with Crippen LogP contribution in [0.25, 0.3) is 0 Å². The molecule has 78 valence electrons. The molecule has 13 heavy (non-hydrogen) atoms. The second kappa shape index (κ2) is 4.32. The van der Waals surface area contributed by atoms with E-state index in [2.05, 4.69) is 0 Å². The Morgan fingerprint density at radius 1 is 1.31 bits per heavy atom. The second-order valence-electron chi connectivity index (χ2n) is 3.00. The van der Waals surface area contributed by atoms with Crippen molar-refractivity contribution in [3.05, 3.63) is 0 Å². The number of aliphatic hydroxyl groups is 3. The van der Waals surface area contributed by atoms with Crippen LogP contribution in [0.5, 0.6) is 0 Å². The average Bonchev–Trinajstić information content (AvgIpc) is 2.13. The van der Waals surface area contributed by atoms with Crippen LogP contribution in [0.4, 0.5) is 0 Å². The fraction of sp³-hybridized carbons (Fsp3) is 1.00. The fourth-order valence-corrected chi connectivity index (χ4v) is 1.21. The minimum atomic E-state index is -1.20. The minimum absolute atomic E-state index is 0.0173. The van der Waals surface area contributed by atoms with Gasteiger partial charge in [-0.1, -0.05) is 0 Å². The van der Waals surface area contributed by atoms with Gasteiger partial charge in [0.1, 0.15) is 18.3 Å². The first-order valence-electron chi connectivity index (χ1n) is 4.00. The third-order valence-electron chi connectivity index (χ3n) is 2.12. The zero-order valence-electron chi connectivity index (χ0n) is 7.62. The lowest BCUT2D eigenvalue weighted by Gasteiger charge is -2.38. The lowest BCUT2D eigenvalue weighted by atomic mass is 10.0. The van der Waals surface area contributed by atoms with Gasteiger partial charge >= 0.3 is 0 Å². The lowest BCUT2D eigenvalue weighted by Crippen LogP contribution is -2.57. The zero-order valence-corrected chi connectivity index (χ0v) is 7.62. The molecule has 1 aliphatic rings. The van der Waals surface area contributed by atoms with Crippen molar-refractivity contribution in [1.82, 2.24) is 5.06 Å². The molecular weight excluding hydrogens is 178 g/mol. The highest BCUT2D eigenvalue weighted by Crippen LogP contribution is 2.17. The van der Waals surface area contributed by atoms with E-state index >= 15 is 0 Å². The molecule has 0 spiro atoms. The van der Waals surface area contributed by atoms with E-state index in [9.17, 15) is 10.2 Å². The zero-order chi connectivity index (χ0) is 10.0. The molecule has 0 amide bonds. The van der Waals surface area contributed by atoms with Gasteiger partial charge in [-0.15, -0.1) is 0 Å². The fourth-order valence-electron chi connectivity index (χ4n) is 1.21. The molecule has 4 atom stereocenters. The Morgan fingerprint density at radius 2 is 1.92 bits per heavy atom. The van der Waals surface area contributed by atoms with Gasteiger partial charge in [0.25, 0.3) is 0 Å². The van der Waals surface area contributed by atoms with Crippen LogP contribution in [-0.4, -0.2) is 65.7 Å². The van der Waals surface area contributed by atoms with Gasteiger partial charge in [-0.25, -0.2) is 0 Å². The standard InChI is InChI=1S/C7H15NO5/c1-8(12-2)7-6(11)5(10)4(9)3-13-7/h4-7,9-11H,3H2,1-2H3/t4-,5?,6?,7-/m1/s1. The highest BCUT2D eigenvalue weighted by Gasteiger charge is 2.39. The summed E-state index contributed by atoms with van der Waals surface area (Å²) in [6.45, 7) is -0.0173. The average molecular weight is 193 g/mol. The van der Waals surface area contributed by atoms with Gasteiger partial charge < -0.3 is 20.1 Å². The van der Waals surface area contributed by atoms with E-state index in [1.807, 2.05) is 0 Å². The van der Waals surface area contributed by atoms with Crippen molar-refractivity contribution in [2.75, 3.05) is 20.8 Å². The monoisotopic (exact) mass is 193 g/mol. The smallest absolute Gasteiger partial charge is 0.161 e. The molecule has 6 nitrogen and oxygen atoms in total. The van der Waals surface area contributed by atoms with E-state index in [0.29, 0.717) is 0 Å². The topological polar surface area (TPSA) is 82.4 Å². The third kappa shape index (κ3) is 2.16. The molecule has 0 aromatic rings. The first kappa shape index (κ1) is 10.8. The van der Waals surface area contributed by atoms with Crippen LogP contribution in [0, 0.1) is 0 Å². The number of rotatable bonds is 2. The number of hydrogen-bond donors (Lipinski definition) is 3. The lowest BCUT2D eigenvalue weighted by molar-refractivity contribution is -0.296. The Hall–Kier alpha value is -0.240. The first-order valence-corrected chi connectivity index (χ1v) is 4.00. The summed E-state index contributed by atoms with van der Waals surface area (Å²) in [5.74, 6) is 0. The van der Waals surface area contributed by atoms with E-state index in [4.69, 9.17) is 14.7 Å². The Kier molecular flexibility index (Phi) is 3.60. The van der Waals surface area contributed by atoms with Gasteiger partial charge in [-0.3, -0.25) is 4.84 Å². The Labute approximate surface area is 76.2 Å². The summed E-state index contributed by atoms with van der Waals surface area (Å²) < 4.78 is 5.07. The molecule has 0 aliphatic carbocycles. The number of hydroxylamine groups is 2. The summed E-state index contributed by atoms with van der Waals surface area (Å²) in [4.78, 5) is 4.80. The number of likely N-dealkylation sites (N-methyl/N-ethyl adjacent to an activating group) is 1. The van der Waals surface area contributed by atoms with E-state index in [1.54, 1.807) is 7.05 Å². The van der Waals surface area contributed by atoms with Crippen molar-refractivity contribution in [2.45, 2.75) is 24.5 Å². The van der Waals surface area contributed by atoms with Crippen molar-refractivity contribution < 1.29 is 24.9 Å². The highest BCUT2D eigenvalue weighted by atomic mass is 16.7. The maximum atomic E-state index is 9.45. The van der Waals surface area contributed by atoms with Gasteiger partial charge in [-0.05, 0) is 0 Å². The van der Waals surface area contributed by atoms with Crippen LogP contribution in [0.15, 0.2) is 0 Å². The second-order valence-corrected chi connectivity index (χ2v) is 3.00. The number of ether oxygens (including phenoxy) is 1. The van der Waals surface area contributed by atoms with Crippen molar-refractivity contribution >= 4 is 0 Å². The summed E-state index contributed by atoms with van der Waals surface area (Å²) in [6, 6.07) is 0. The van der Waals surface area contributed by atoms with Gasteiger partial charge in [0, 0.05) is 7.05 Å². The number of hydrogen-bond acceptors (Lipinski definition) is 6. The molecule has 0 saturated carbocycles. The summed E-state index contributed by atoms with van der Waals surface area (Å²) in [7, 11) is 2.99. The summed E-state index contributed by atoms with van der Waals surface area (Å²) in [5, 5.41) is 29.2. The van der Waals surface area contributed by atoms with Crippen LogP contribution < -0.4 is 0 Å². The summed E-state index contributed by atoms with van der Waals surface area (Å²) in [6.07, 6.45) is -4.16. The number of nitrogens with zero attached hydrogens (tertiary/aromatic N) is 1. The van der Waals surface area contributed by atoms with Crippen LogP contribution in [0.1, 0.15) is 0 Å². The molecule has 1 heterocycles. The van der Waals surface area contributed by atoms with E-state index in [1.165, 1.54) is 12.2 Å². The molecule has 0 radical (unpaired) electrons. The predicted octanol–water partition coefficient (Wildman–Crippen LogP) is -2.08. The Balaban J connectivity index is 2.58. The van der Waals surface area contributed by atoms with Crippen LogP contribution in [-0.2, 0) is 9.57 Å². The predicted molar refractivity (Wildman–Crippen MR) is 42.5 cm³/mol.